The molecule has 0 N–H and O–H groups in total. The molecule has 0 aliphatic rings. The van der Waals surface area contributed by atoms with Crippen LogP contribution in [0, 0.1) is 11.8 Å². The van der Waals surface area contributed by atoms with Crippen molar-refractivity contribution in [3.05, 3.63) is 47.5 Å². The average Bonchev–Trinajstić information content (AvgIpc) is 2.57. The normalized spacial score (nSPS) is 13.8. The van der Waals surface area contributed by atoms with Crippen LogP contribution in [-0.4, -0.2) is 11.6 Å². The fourth-order valence-electron chi connectivity index (χ4n) is 2.49. The summed E-state index contributed by atoms with van der Waals surface area (Å²) in [5.41, 5.74) is 1.51. The molecule has 0 radical (unpaired) electrons. The molecule has 0 spiro atoms. The highest BCUT2D eigenvalue weighted by Gasteiger charge is 2.15. The summed E-state index contributed by atoms with van der Waals surface area (Å²) in [5.74, 6) is 0.459. The zero-order valence-corrected chi connectivity index (χ0v) is 13.8. The number of hydrogen-bond donors (Lipinski definition) is 0. The molecule has 2 heteroatoms. The van der Waals surface area contributed by atoms with E-state index in [1.54, 1.807) is 0 Å². The first-order valence-electron chi connectivity index (χ1n) is 8.10. The monoisotopic (exact) mass is 296 g/mol. The molecule has 0 aromatic heterocycles. The zero-order chi connectivity index (χ0) is 16.3. The van der Waals surface area contributed by atoms with Crippen LogP contribution in [0.15, 0.2) is 36.4 Å². The predicted octanol–water partition coefficient (Wildman–Crippen LogP) is 5.30. The van der Waals surface area contributed by atoms with Crippen molar-refractivity contribution in [2.24, 2.45) is 11.8 Å². The Kier molecular flexibility index (Phi) is 5.12. The van der Waals surface area contributed by atoms with Crippen LogP contribution in [-0.2, 0) is 0 Å². The van der Waals surface area contributed by atoms with Crippen LogP contribution in [0.4, 0.5) is 0 Å². The summed E-state index contributed by atoms with van der Waals surface area (Å²) in [5, 5.41) is 2.02. The minimum absolute atomic E-state index is 0.0451. The fourth-order valence-corrected chi connectivity index (χ4v) is 2.49. The number of rotatable bonds is 6. The van der Waals surface area contributed by atoms with Crippen LogP contribution in [0.5, 0.6) is 0 Å². The second kappa shape index (κ2) is 6.87. The number of hydrogen-bond acceptors (Lipinski definition) is 2. The van der Waals surface area contributed by atoms with Gasteiger partial charge in [0.2, 0.25) is 0 Å². The van der Waals surface area contributed by atoms with Crippen molar-refractivity contribution in [2.45, 2.75) is 40.5 Å². The molecule has 116 valence electrons. The van der Waals surface area contributed by atoms with E-state index in [0.29, 0.717) is 0 Å². The van der Waals surface area contributed by atoms with Crippen LogP contribution in [0.1, 0.15) is 61.3 Å². The summed E-state index contributed by atoms with van der Waals surface area (Å²) >= 11 is 0. The van der Waals surface area contributed by atoms with Crippen LogP contribution >= 0.6 is 0 Å². The van der Waals surface area contributed by atoms with Gasteiger partial charge in [0.05, 0.1) is 0 Å². The highest BCUT2D eigenvalue weighted by Crippen LogP contribution is 2.22. The summed E-state index contributed by atoms with van der Waals surface area (Å²) in [6.07, 6.45) is 1.69. The lowest BCUT2D eigenvalue weighted by Crippen LogP contribution is -2.11. The second-order valence-electron chi connectivity index (χ2n) is 6.12. The smallest absolute Gasteiger partial charge is 0.165 e. The van der Waals surface area contributed by atoms with Gasteiger partial charge in [-0.3, -0.25) is 9.59 Å². The first kappa shape index (κ1) is 16.4. The van der Waals surface area contributed by atoms with Crippen LogP contribution < -0.4 is 0 Å². The van der Waals surface area contributed by atoms with E-state index < -0.39 is 0 Å². The number of carbonyl (C=O) groups is 2. The molecule has 2 aromatic rings. The van der Waals surface area contributed by atoms with Gasteiger partial charge in [-0.05, 0) is 35.7 Å². The van der Waals surface area contributed by atoms with Gasteiger partial charge < -0.3 is 0 Å². The Morgan fingerprint density at radius 2 is 1.14 bits per heavy atom. The van der Waals surface area contributed by atoms with E-state index in [2.05, 4.69) is 0 Å². The number of ketones is 2. The summed E-state index contributed by atoms with van der Waals surface area (Å²) in [6, 6.07) is 11.5. The molecule has 0 heterocycles. The van der Waals surface area contributed by atoms with Crippen molar-refractivity contribution in [3.8, 4) is 0 Å². The lowest BCUT2D eigenvalue weighted by molar-refractivity contribution is 0.0919. The first-order chi connectivity index (χ1) is 10.5. The van der Waals surface area contributed by atoms with Crippen molar-refractivity contribution in [1.29, 1.82) is 0 Å². The van der Waals surface area contributed by atoms with Gasteiger partial charge in [-0.25, -0.2) is 0 Å². The summed E-state index contributed by atoms with van der Waals surface area (Å²) < 4.78 is 0. The lowest BCUT2D eigenvalue weighted by Gasteiger charge is -2.10. The maximum Gasteiger partial charge on any atom is 0.165 e. The average molecular weight is 296 g/mol. The molecular formula is C20H24O2. The maximum atomic E-state index is 12.3. The third-order valence-corrected chi connectivity index (χ3v) is 4.53. The molecule has 0 saturated carbocycles. The molecule has 2 rings (SSSR count). The minimum atomic E-state index is 0.0451. The number of Topliss-reactive ketones (excluding diaryl/α,β-unsaturated/α-hetero) is 2. The first-order valence-corrected chi connectivity index (χ1v) is 8.10. The Hall–Kier alpha value is -1.96. The van der Waals surface area contributed by atoms with E-state index in [1.165, 1.54) is 0 Å². The van der Waals surface area contributed by atoms with Gasteiger partial charge in [-0.2, -0.15) is 0 Å². The third kappa shape index (κ3) is 3.27. The number of carbonyl (C=O) groups excluding carboxylic acids is 2. The van der Waals surface area contributed by atoms with E-state index in [9.17, 15) is 9.59 Å². The van der Waals surface area contributed by atoms with E-state index in [4.69, 9.17) is 0 Å². The molecule has 0 aliphatic carbocycles. The summed E-state index contributed by atoms with van der Waals surface area (Å²) in [6.45, 7) is 7.97. The van der Waals surface area contributed by atoms with Crippen molar-refractivity contribution in [3.63, 3.8) is 0 Å². The lowest BCUT2D eigenvalue weighted by atomic mass is 9.93. The van der Waals surface area contributed by atoms with Gasteiger partial charge in [0, 0.05) is 23.0 Å². The molecule has 0 saturated heterocycles. The number of benzene rings is 2. The van der Waals surface area contributed by atoms with Crippen molar-refractivity contribution in [2.75, 3.05) is 0 Å². The highest BCUT2D eigenvalue weighted by molar-refractivity contribution is 6.04. The van der Waals surface area contributed by atoms with E-state index in [0.717, 1.165) is 34.7 Å². The molecule has 22 heavy (non-hydrogen) atoms. The van der Waals surface area contributed by atoms with E-state index >= 15 is 0 Å². The van der Waals surface area contributed by atoms with Gasteiger partial charge in [0.1, 0.15) is 0 Å². The maximum absolute atomic E-state index is 12.3. The fraction of sp³-hybridized carbons (Fsp3) is 0.400. The van der Waals surface area contributed by atoms with E-state index in [-0.39, 0.29) is 23.4 Å². The Bertz CT molecular complexity index is 639. The van der Waals surface area contributed by atoms with Crippen molar-refractivity contribution < 1.29 is 9.59 Å². The van der Waals surface area contributed by atoms with Crippen molar-refractivity contribution in [1.82, 2.24) is 0 Å². The number of fused-ring (bicyclic) bond motifs is 1. The van der Waals surface area contributed by atoms with Gasteiger partial charge in [0.25, 0.3) is 0 Å². The van der Waals surface area contributed by atoms with Crippen LogP contribution in [0.3, 0.4) is 0 Å². The molecule has 2 nitrogen and oxygen atoms in total. The molecule has 2 aromatic carbocycles. The quantitative estimate of drug-likeness (QED) is 0.678. The van der Waals surface area contributed by atoms with Gasteiger partial charge in [0.15, 0.2) is 11.6 Å². The third-order valence-electron chi connectivity index (χ3n) is 4.53. The molecule has 0 amide bonds. The SMILES string of the molecule is CCC(C)C(=O)c1ccc2cc(C(=O)C(C)CC)ccc2c1. The zero-order valence-electron chi connectivity index (χ0n) is 13.8. The Labute approximate surface area is 132 Å². The standard InChI is InChI=1S/C20H24O2/c1-5-13(3)19(21)17-9-7-16-12-18(10-8-15(16)11-17)20(22)14(4)6-2/h7-14H,5-6H2,1-4H3. The van der Waals surface area contributed by atoms with Gasteiger partial charge in [-0.15, -0.1) is 0 Å². The molecule has 0 bridgehead atoms. The van der Waals surface area contributed by atoms with Gasteiger partial charge in [-0.1, -0.05) is 52.0 Å². The Morgan fingerprint density at radius 1 is 0.773 bits per heavy atom. The van der Waals surface area contributed by atoms with Gasteiger partial charge >= 0.3 is 0 Å². The van der Waals surface area contributed by atoms with Crippen molar-refractivity contribution >= 4 is 22.3 Å². The predicted molar refractivity (Wildman–Crippen MR) is 91.5 cm³/mol. The molecule has 0 aliphatic heterocycles. The molecule has 2 atom stereocenters. The molecule has 0 fully saturated rings. The van der Waals surface area contributed by atoms with E-state index in [1.807, 2.05) is 64.1 Å². The topological polar surface area (TPSA) is 34.1 Å². The van der Waals surface area contributed by atoms with Crippen LogP contribution in [0.25, 0.3) is 10.8 Å². The summed E-state index contributed by atoms with van der Waals surface area (Å²) in [4.78, 5) is 24.5. The summed E-state index contributed by atoms with van der Waals surface area (Å²) in [7, 11) is 0. The largest absolute Gasteiger partial charge is 0.294 e. The Balaban J connectivity index is 2.37. The second-order valence-corrected chi connectivity index (χ2v) is 6.12. The highest BCUT2D eigenvalue weighted by atomic mass is 16.1. The molecular weight excluding hydrogens is 272 g/mol. The molecule has 2 unspecified atom stereocenters. The van der Waals surface area contributed by atoms with Crippen LogP contribution in [0.2, 0.25) is 0 Å². The minimum Gasteiger partial charge on any atom is -0.294 e. The Morgan fingerprint density at radius 3 is 1.45 bits per heavy atom.